The minimum atomic E-state index is 0.799. The highest BCUT2D eigenvalue weighted by Gasteiger charge is 2.39. The molecule has 1 aromatic carbocycles. The maximum Gasteiger partial charge on any atom is -0.0269 e. The lowest BCUT2D eigenvalue weighted by molar-refractivity contribution is 0.0547. The molecular formula is C23H38. The molecule has 130 valence electrons. The van der Waals surface area contributed by atoms with Crippen LogP contribution in [0.2, 0.25) is 0 Å². The van der Waals surface area contributed by atoms with Gasteiger partial charge in [0, 0.05) is 0 Å². The van der Waals surface area contributed by atoms with Crippen molar-refractivity contribution in [3.63, 3.8) is 0 Å². The lowest BCUT2D eigenvalue weighted by Crippen LogP contribution is -2.34. The van der Waals surface area contributed by atoms with Gasteiger partial charge in [-0.25, -0.2) is 0 Å². The first-order chi connectivity index (χ1) is 11.4. The van der Waals surface area contributed by atoms with E-state index in [9.17, 15) is 0 Å². The Balaban J connectivity index is 0.000000268. The Bertz CT molecular complexity index is 342. The van der Waals surface area contributed by atoms with Gasteiger partial charge in [0.1, 0.15) is 0 Å². The van der Waals surface area contributed by atoms with Crippen LogP contribution in [0.4, 0.5) is 0 Å². The molecule has 0 spiro atoms. The summed E-state index contributed by atoms with van der Waals surface area (Å²) in [7, 11) is 0. The minimum Gasteiger partial charge on any atom is -0.0654 e. The summed E-state index contributed by atoms with van der Waals surface area (Å²) in [5.41, 5.74) is 0.799. The number of unbranched alkanes of at least 4 members (excludes halogenated alkanes) is 2. The quantitative estimate of drug-likeness (QED) is 0.487. The van der Waals surface area contributed by atoms with Gasteiger partial charge in [-0.3, -0.25) is 0 Å². The van der Waals surface area contributed by atoms with E-state index < -0.39 is 0 Å². The average Bonchev–Trinajstić information content (AvgIpc) is 2.65. The lowest BCUT2D eigenvalue weighted by atomic mass is 9.60. The van der Waals surface area contributed by atoms with Gasteiger partial charge >= 0.3 is 0 Å². The summed E-state index contributed by atoms with van der Waals surface area (Å²) in [4.78, 5) is 0. The molecule has 0 bridgehead atoms. The predicted molar refractivity (Wildman–Crippen MR) is 103 cm³/mol. The molecule has 2 aliphatic rings. The molecule has 0 unspecified atom stereocenters. The van der Waals surface area contributed by atoms with Crippen molar-refractivity contribution in [2.75, 3.05) is 0 Å². The third kappa shape index (κ3) is 6.32. The van der Waals surface area contributed by atoms with Gasteiger partial charge in [0.05, 0.1) is 0 Å². The van der Waals surface area contributed by atoms with E-state index in [0.717, 1.165) is 11.3 Å². The van der Waals surface area contributed by atoms with Crippen LogP contribution in [-0.2, 0) is 0 Å². The number of benzene rings is 1. The normalized spacial score (nSPS) is 21.3. The molecule has 23 heavy (non-hydrogen) atoms. The molecule has 0 aromatic heterocycles. The SMILES string of the molecule is CCCCCC1(C2CCCCC2)CCCCC1.c1ccccc1. The van der Waals surface area contributed by atoms with E-state index in [1.54, 1.807) is 32.1 Å². The Hall–Kier alpha value is -0.780. The zero-order valence-corrected chi connectivity index (χ0v) is 15.4. The van der Waals surface area contributed by atoms with Gasteiger partial charge in [-0.05, 0) is 43.4 Å². The smallest absolute Gasteiger partial charge is 0.0269 e. The summed E-state index contributed by atoms with van der Waals surface area (Å²) < 4.78 is 0. The molecule has 0 saturated heterocycles. The van der Waals surface area contributed by atoms with Gasteiger partial charge in [-0.2, -0.15) is 0 Å². The topological polar surface area (TPSA) is 0 Å². The molecule has 0 aliphatic heterocycles. The van der Waals surface area contributed by atoms with E-state index in [0.29, 0.717) is 0 Å². The molecule has 2 aliphatic carbocycles. The lowest BCUT2D eigenvalue weighted by Gasteiger charge is -2.46. The monoisotopic (exact) mass is 314 g/mol. The van der Waals surface area contributed by atoms with E-state index in [1.807, 2.05) is 36.4 Å². The molecule has 0 radical (unpaired) electrons. The fourth-order valence-corrected chi connectivity index (χ4v) is 4.95. The van der Waals surface area contributed by atoms with E-state index in [2.05, 4.69) is 6.92 Å². The van der Waals surface area contributed by atoms with Crippen molar-refractivity contribution in [2.24, 2.45) is 11.3 Å². The maximum atomic E-state index is 2.34. The van der Waals surface area contributed by atoms with E-state index in [4.69, 9.17) is 0 Å². The molecule has 3 rings (SSSR count). The summed E-state index contributed by atoms with van der Waals surface area (Å²) in [6.07, 6.45) is 21.3. The van der Waals surface area contributed by atoms with E-state index in [-0.39, 0.29) is 0 Å². The molecule has 0 nitrogen and oxygen atoms in total. The van der Waals surface area contributed by atoms with Crippen LogP contribution < -0.4 is 0 Å². The van der Waals surface area contributed by atoms with E-state index in [1.165, 1.54) is 57.8 Å². The Labute approximate surface area is 145 Å². The van der Waals surface area contributed by atoms with Crippen LogP contribution in [0.25, 0.3) is 0 Å². The van der Waals surface area contributed by atoms with Gasteiger partial charge in [-0.1, -0.05) is 101 Å². The van der Waals surface area contributed by atoms with Crippen LogP contribution >= 0.6 is 0 Å². The Morgan fingerprint density at radius 1 is 0.696 bits per heavy atom. The first kappa shape index (κ1) is 18.6. The minimum absolute atomic E-state index is 0.799. The van der Waals surface area contributed by atoms with Gasteiger partial charge in [-0.15, -0.1) is 0 Å². The maximum absolute atomic E-state index is 2.34. The van der Waals surface area contributed by atoms with Gasteiger partial charge in [0.15, 0.2) is 0 Å². The van der Waals surface area contributed by atoms with Crippen molar-refractivity contribution < 1.29 is 0 Å². The predicted octanol–water partition coefficient (Wildman–Crippen LogP) is 7.78. The van der Waals surface area contributed by atoms with Crippen LogP contribution in [0, 0.1) is 11.3 Å². The van der Waals surface area contributed by atoms with Crippen molar-refractivity contribution in [3.8, 4) is 0 Å². The highest BCUT2D eigenvalue weighted by molar-refractivity contribution is 4.99. The summed E-state index contributed by atoms with van der Waals surface area (Å²) in [5.74, 6) is 1.11. The first-order valence-corrected chi connectivity index (χ1v) is 10.4. The average molecular weight is 315 g/mol. The third-order valence-electron chi connectivity index (χ3n) is 6.27. The molecule has 0 heterocycles. The summed E-state index contributed by atoms with van der Waals surface area (Å²) in [6, 6.07) is 12.0. The van der Waals surface area contributed by atoms with Gasteiger partial charge < -0.3 is 0 Å². The van der Waals surface area contributed by atoms with Crippen molar-refractivity contribution in [2.45, 2.75) is 96.8 Å². The molecular weight excluding hydrogens is 276 g/mol. The van der Waals surface area contributed by atoms with Crippen molar-refractivity contribution in [3.05, 3.63) is 36.4 Å². The fraction of sp³-hybridized carbons (Fsp3) is 0.739. The molecule has 0 heteroatoms. The third-order valence-corrected chi connectivity index (χ3v) is 6.27. The van der Waals surface area contributed by atoms with Crippen molar-refractivity contribution in [1.82, 2.24) is 0 Å². The molecule has 2 saturated carbocycles. The van der Waals surface area contributed by atoms with Gasteiger partial charge in [0.25, 0.3) is 0 Å². The zero-order valence-electron chi connectivity index (χ0n) is 15.4. The van der Waals surface area contributed by atoms with Crippen LogP contribution in [0.15, 0.2) is 36.4 Å². The van der Waals surface area contributed by atoms with Crippen LogP contribution in [0.1, 0.15) is 96.8 Å². The standard InChI is InChI=1S/C17H32.C6H6/c1-2-3-8-13-17(14-9-5-10-15-17)16-11-6-4-7-12-16;1-2-4-6-5-3-1/h16H,2-15H2,1H3;1-6H. The van der Waals surface area contributed by atoms with Crippen molar-refractivity contribution >= 4 is 0 Å². The summed E-state index contributed by atoms with van der Waals surface area (Å²) in [5, 5.41) is 0. The highest BCUT2D eigenvalue weighted by atomic mass is 14.4. The van der Waals surface area contributed by atoms with Crippen LogP contribution in [0.5, 0.6) is 0 Å². The second-order valence-corrected chi connectivity index (χ2v) is 7.87. The molecule has 0 atom stereocenters. The summed E-state index contributed by atoms with van der Waals surface area (Å²) >= 11 is 0. The molecule has 0 N–H and O–H groups in total. The number of hydrogen-bond donors (Lipinski definition) is 0. The Morgan fingerprint density at radius 2 is 1.22 bits per heavy atom. The zero-order chi connectivity index (χ0) is 16.2. The number of rotatable bonds is 5. The Kier molecular flexibility index (Phi) is 8.79. The largest absolute Gasteiger partial charge is 0.0654 e. The Morgan fingerprint density at radius 3 is 1.74 bits per heavy atom. The second kappa shape index (κ2) is 10.9. The second-order valence-electron chi connectivity index (χ2n) is 7.87. The highest BCUT2D eigenvalue weighted by Crippen LogP contribution is 2.51. The van der Waals surface area contributed by atoms with Crippen LogP contribution in [-0.4, -0.2) is 0 Å². The molecule has 2 fully saturated rings. The number of hydrogen-bond acceptors (Lipinski definition) is 0. The van der Waals surface area contributed by atoms with E-state index >= 15 is 0 Å². The van der Waals surface area contributed by atoms with Crippen LogP contribution in [0.3, 0.4) is 0 Å². The van der Waals surface area contributed by atoms with Gasteiger partial charge in [0.2, 0.25) is 0 Å². The first-order valence-electron chi connectivity index (χ1n) is 10.4. The molecule has 1 aromatic rings. The van der Waals surface area contributed by atoms with Crippen molar-refractivity contribution in [1.29, 1.82) is 0 Å². The summed E-state index contributed by atoms with van der Waals surface area (Å²) in [6.45, 7) is 2.34. The fourth-order valence-electron chi connectivity index (χ4n) is 4.95. The molecule has 0 amide bonds.